The number of halogens is 1. The molecule has 0 radical (unpaired) electrons. The number of aliphatic hydroxyl groups is 1. The van der Waals surface area contributed by atoms with Crippen LogP contribution in [0.3, 0.4) is 0 Å². The first-order valence-electron chi connectivity index (χ1n) is 8.40. The van der Waals surface area contributed by atoms with Crippen molar-refractivity contribution >= 4 is 23.5 Å². The zero-order valence-corrected chi connectivity index (χ0v) is 15.0. The third-order valence-corrected chi connectivity index (χ3v) is 5.13. The molecule has 3 rings (SSSR count). The van der Waals surface area contributed by atoms with E-state index in [1.807, 2.05) is 24.3 Å². The molecule has 5 nitrogen and oxygen atoms in total. The monoisotopic (exact) mass is 376 g/mol. The zero-order valence-electron chi connectivity index (χ0n) is 14.2. The van der Waals surface area contributed by atoms with Crippen molar-refractivity contribution in [1.29, 1.82) is 0 Å². The van der Waals surface area contributed by atoms with Gasteiger partial charge in [0.25, 0.3) is 0 Å². The highest BCUT2D eigenvalue weighted by atomic mass is 32.2. The Morgan fingerprint density at radius 2 is 2.04 bits per heavy atom. The van der Waals surface area contributed by atoms with Gasteiger partial charge in [0.05, 0.1) is 31.5 Å². The van der Waals surface area contributed by atoms with E-state index in [9.17, 15) is 14.3 Å². The van der Waals surface area contributed by atoms with Gasteiger partial charge in [-0.2, -0.15) is 0 Å². The number of β-amino-alcohol motifs (C(OH)–C–C–N with tert-alkyl or cyclic N) is 1. The van der Waals surface area contributed by atoms with Crippen LogP contribution in [-0.2, 0) is 10.5 Å². The van der Waals surface area contributed by atoms with Gasteiger partial charge in [-0.3, -0.25) is 0 Å². The predicted octanol–water partition coefficient (Wildman–Crippen LogP) is 3.34. The second-order valence-corrected chi connectivity index (χ2v) is 7.00. The van der Waals surface area contributed by atoms with E-state index < -0.39 is 6.10 Å². The number of aliphatic hydroxyl groups excluding tert-OH is 1. The van der Waals surface area contributed by atoms with E-state index in [1.54, 1.807) is 18.2 Å². The van der Waals surface area contributed by atoms with Crippen LogP contribution in [0, 0.1) is 5.82 Å². The van der Waals surface area contributed by atoms with Crippen molar-refractivity contribution in [1.82, 2.24) is 4.90 Å². The Morgan fingerprint density at radius 1 is 1.27 bits per heavy atom. The number of rotatable bonds is 4. The van der Waals surface area contributed by atoms with Crippen molar-refractivity contribution in [2.75, 3.05) is 31.6 Å². The van der Waals surface area contributed by atoms with Crippen LogP contribution >= 0.6 is 11.8 Å². The summed E-state index contributed by atoms with van der Waals surface area (Å²) >= 11 is 1.46. The van der Waals surface area contributed by atoms with E-state index in [1.165, 1.54) is 22.7 Å². The van der Waals surface area contributed by atoms with Crippen LogP contribution in [0.2, 0.25) is 0 Å². The average Bonchev–Trinajstić information content (AvgIpc) is 2.87. The molecule has 7 heteroatoms. The number of thioether (sulfide) groups is 1. The lowest BCUT2D eigenvalue weighted by molar-refractivity contribution is 0.0575. The molecule has 1 aliphatic heterocycles. The van der Waals surface area contributed by atoms with Gasteiger partial charge in [0.15, 0.2) is 0 Å². The van der Waals surface area contributed by atoms with Crippen LogP contribution in [0.15, 0.2) is 53.4 Å². The lowest BCUT2D eigenvalue weighted by Gasteiger charge is -2.22. The maximum absolute atomic E-state index is 13.8. The number of amides is 2. The van der Waals surface area contributed by atoms with Crippen LogP contribution in [-0.4, -0.2) is 48.4 Å². The smallest absolute Gasteiger partial charge is 0.322 e. The summed E-state index contributed by atoms with van der Waals surface area (Å²) in [6.45, 7) is 1.29. The number of carbonyl (C=O) groups is 1. The molecule has 138 valence electrons. The first kappa shape index (κ1) is 18.7. The van der Waals surface area contributed by atoms with Gasteiger partial charge in [0.1, 0.15) is 5.82 Å². The summed E-state index contributed by atoms with van der Waals surface area (Å²) in [5.41, 5.74) is 1.28. The molecule has 1 unspecified atom stereocenters. The highest BCUT2D eigenvalue weighted by Gasteiger charge is 2.21. The van der Waals surface area contributed by atoms with Crippen LogP contribution in [0.25, 0.3) is 0 Å². The van der Waals surface area contributed by atoms with Gasteiger partial charge in [-0.05, 0) is 23.8 Å². The Balaban J connectivity index is 1.66. The van der Waals surface area contributed by atoms with Crippen LogP contribution < -0.4 is 5.32 Å². The fourth-order valence-electron chi connectivity index (χ4n) is 2.64. The van der Waals surface area contributed by atoms with Gasteiger partial charge >= 0.3 is 6.03 Å². The molecule has 1 fully saturated rings. The van der Waals surface area contributed by atoms with E-state index in [2.05, 4.69) is 5.32 Å². The number of hydrogen-bond donors (Lipinski definition) is 2. The minimum atomic E-state index is -0.686. The third kappa shape index (κ3) is 4.97. The molecular formula is C19H21FN2O3S. The number of nitrogens with zero attached hydrogens (tertiary/aromatic N) is 1. The number of benzene rings is 2. The second-order valence-electron chi connectivity index (χ2n) is 5.98. The first-order valence-corrected chi connectivity index (χ1v) is 9.39. The minimum Gasteiger partial charge on any atom is -0.389 e. The topological polar surface area (TPSA) is 61.8 Å². The number of urea groups is 1. The fourth-order valence-corrected chi connectivity index (χ4v) is 3.63. The number of carbonyl (C=O) groups excluding carboxylic acids is 1. The van der Waals surface area contributed by atoms with Crippen molar-refractivity contribution in [3.05, 3.63) is 59.9 Å². The number of anilines is 1. The van der Waals surface area contributed by atoms with Gasteiger partial charge in [-0.15, -0.1) is 11.8 Å². The minimum absolute atomic E-state index is 0.233. The van der Waals surface area contributed by atoms with E-state index in [-0.39, 0.29) is 25.0 Å². The fraction of sp³-hybridized carbons (Fsp3) is 0.316. The Labute approximate surface area is 156 Å². The van der Waals surface area contributed by atoms with Gasteiger partial charge in [-0.1, -0.05) is 30.3 Å². The largest absolute Gasteiger partial charge is 0.389 e. The van der Waals surface area contributed by atoms with Gasteiger partial charge in [-0.25, -0.2) is 9.18 Å². The highest BCUT2D eigenvalue weighted by Crippen LogP contribution is 2.30. The summed E-state index contributed by atoms with van der Waals surface area (Å²) in [4.78, 5) is 14.9. The Bertz CT molecular complexity index is 759. The lowest BCUT2D eigenvalue weighted by atomic mass is 10.2. The Hall–Kier alpha value is -2.09. The molecule has 0 saturated carbocycles. The second kappa shape index (κ2) is 9.02. The van der Waals surface area contributed by atoms with Gasteiger partial charge < -0.3 is 20.1 Å². The van der Waals surface area contributed by atoms with Crippen molar-refractivity contribution in [2.45, 2.75) is 16.8 Å². The molecule has 2 N–H and O–H groups in total. The van der Waals surface area contributed by atoms with Crippen molar-refractivity contribution in [2.24, 2.45) is 0 Å². The van der Waals surface area contributed by atoms with Crippen LogP contribution in [0.4, 0.5) is 14.9 Å². The van der Waals surface area contributed by atoms with Crippen molar-refractivity contribution in [3.63, 3.8) is 0 Å². The van der Waals surface area contributed by atoms with Crippen molar-refractivity contribution < 1.29 is 19.0 Å². The molecular weight excluding hydrogens is 355 g/mol. The van der Waals surface area contributed by atoms with Crippen LogP contribution in [0.5, 0.6) is 0 Å². The molecule has 2 amide bonds. The van der Waals surface area contributed by atoms with Gasteiger partial charge in [0, 0.05) is 17.2 Å². The molecule has 1 heterocycles. The Morgan fingerprint density at radius 3 is 2.88 bits per heavy atom. The number of nitrogens with one attached hydrogen (secondary N) is 1. The highest BCUT2D eigenvalue weighted by molar-refractivity contribution is 7.98. The molecule has 0 bridgehead atoms. The van der Waals surface area contributed by atoms with Crippen molar-refractivity contribution in [3.8, 4) is 0 Å². The molecule has 0 aliphatic carbocycles. The predicted molar refractivity (Wildman–Crippen MR) is 99.8 cm³/mol. The molecule has 0 spiro atoms. The SMILES string of the molecule is O=C(Nc1ccccc1SCc1ccccc1F)N1CCOCC(O)C1. The summed E-state index contributed by atoms with van der Waals surface area (Å²) in [6, 6.07) is 13.8. The summed E-state index contributed by atoms with van der Waals surface area (Å²) in [5.74, 6) is 0.232. The Kier molecular flexibility index (Phi) is 6.49. The molecule has 2 aromatic carbocycles. The van der Waals surface area contributed by atoms with Gasteiger partial charge in [0.2, 0.25) is 0 Å². The lowest BCUT2D eigenvalue weighted by Crippen LogP contribution is -2.40. The van der Waals surface area contributed by atoms with E-state index in [0.29, 0.717) is 30.2 Å². The maximum atomic E-state index is 13.8. The zero-order chi connectivity index (χ0) is 18.4. The van der Waals surface area contributed by atoms with E-state index >= 15 is 0 Å². The molecule has 26 heavy (non-hydrogen) atoms. The molecule has 1 atom stereocenters. The summed E-state index contributed by atoms with van der Waals surface area (Å²) in [7, 11) is 0. The van der Waals surface area contributed by atoms with E-state index in [4.69, 9.17) is 4.74 Å². The third-order valence-electron chi connectivity index (χ3n) is 4.00. The van der Waals surface area contributed by atoms with E-state index in [0.717, 1.165) is 4.90 Å². The van der Waals surface area contributed by atoms with Crippen LogP contribution in [0.1, 0.15) is 5.56 Å². The molecule has 2 aromatic rings. The molecule has 1 saturated heterocycles. The standard InChI is InChI=1S/C19H21FN2O3S/c20-16-6-2-1-5-14(16)13-26-18-8-4-3-7-17(18)21-19(24)22-9-10-25-12-15(23)11-22/h1-8,15,23H,9-13H2,(H,21,24). The summed E-state index contributed by atoms with van der Waals surface area (Å²) in [5, 5.41) is 12.7. The summed E-state index contributed by atoms with van der Waals surface area (Å²) in [6.07, 6.45) is -0.686. The molecule has 0 aromatic heterocycles. The maximum Gasteiger partial charge on any atom is 0.322 e. The summed E-state index contributed by atoms with van der Waals surface area (Å²) < 4.78 is 19.0. The number of ether oxygens (including phenoxy) is 1. The first-order chi connectivity index (χ1) is 12.6. The normalized spacial score (nSPS) is 17.6. The molecule has 1 aliphatic rings. The average molecular weight is 376 g/mol. The quantitative estimate of drug-likeness (QED) is 0.804. The number of para-hydroxylation sites is 1. The number of hydrogen-bond acceptors (Lipinski definition) is 4.